The summed E-state index contributed by atoms with van der Waals surface area (Å²) in [6, 6.07) is 16.0. The predicted octanol–water partition coefficient (Wildman–Crippen LogP) is 4.87. The highest BCUT2D eigenvalue weighted by atomic mass is 32.2. The monoisotopic (exact) mass is 426 g/mol. The Morgan fingerprint density at radius 3 is 2.00 bits per heavy atom. The van der Waals surface area contributed by atoms with Gasteiger partial charge >= 0.3 is 0 Å². The van der Waals surface area contributed by atoms with Gasteiger partial charge in [-0.1, -0.05) is 66.6 Å². The molecule has 5 heteroatoms. The first-order valence-corrected chi connectivity index (χ1v) is 11.7. The van der Waals surface area contributed by atoms with Gasteiger partial charge in [0.2, 0.25) is 11.8 Å². The molecule has 0 heterocycles. The minimum atomic E-state index is -0.521. The molecule has 0 saturated carbocycles. The number of hydrogen-bond acceptors (Lipinski definition) is 3. The highest BCUT2D eigenvalue weighted by Crippen LogP contribution is 2.17. The van der Waals surface area contributed by atoms with Crippen LogP contribution in [0.3, 0.4) is 0 Å². The van der Waals surface area contributed by atoms with Crippen molar-refractivity contribution >= 4 is 23.6 Å². The number of thioether (sulfide) groups is 1. The van der Waals surface area contributed by atoms with Gasteiger partial charge in [-0.2, -0.15) is 0 Å². The van der Waals surface area contributed by atoms with E-state index in [1.807, 2.05) is 52.0 Å². The van der Waals surface area contributed by atoms with Crippen molar-refractivity contribution in [3.05, 3.63) is 70.8 Å². The number of rotatable bonds is 10. The quantitative estimate of drug-likeness (QED) is 0.590. The highest BCUT2D eigenvalue weighted by Gasteiger charge is 2.26. The average Bonchev–Trinajstić information content (AvgIpc) is 2.74. The third-order valence-corrected chi connectivity index (χ3v) is 6.25. The second-order valence-electron chi connectivity index (χ2n) is 7.98. The topological polar surface area (TPSA) is 49.4 Å². The maximum atomic E-state index is 13.1. The fourth-order valence-corrected chi connectivity index (χ4v) is 3.83. The van der Waals surface area contributed by atoms with E-state index in [1.54, 1.807) is 16.7 Å². The minimum Gasteiger partial charge on any atom is -0.352 e. The molecule has 2 rings (SSSR count). The van der Waals surface area contributed by atoms with E-state index >= 15 is 0 Å². The summed E-state index contributed by atoms with van der Waals surface area (Å²) in [5.74, 6) is 1.01. The summed E-state index contributed by atoms with van der Waals surface area (Å²) in [4.78, 5) is 27.5. The molecule has 1 N–H and O–H groups in total. The molecule has 0 unspecified atom stereocenters. The van der Waals surface area contributed by atoms with Crippen LogP contribution in [0.1, 0.15) is 49.4 Å². The highest BCUT2D eigenvalue weighted by molar-refractivity contribution is 7.99. The molecule has 0 aliphatic rings. The number of aryl methyl sites for hydroxylation is 2. The first-order chi connectivity index (χ1) is 14.3. The SMILES string of the molecule is CC[C@@H](C)NC(=O)[C@@H](C)N(Cc1ccc(C)cc1)C(=O)CSCc1ccc(C)cc1. The molecule has 0 aromatic heterocycles. The second kappa shape index (κ2) is 11.8. The largest absolute Gasteiger partial charge is 0.352 e. The first kappa shape index (κ1) is 24.0. The van der Waals surface area contributed by atoms with Crippen molar-refractivity contribution in [2.45, 2.75) is 65.4 Å². The van der Waals surface area contributed by atoms with Crippen LogP contribution in [0.15, 0.2) is 48.5 Å². The van der Waals surface area contributed by atoms with Gasteiger partial charge in [0.1, 0.15) is 6.04 Å². The van der Waals surface area contributed by atoms with Crippen molar-refractivity contribution in [1.29, 1.82) is 0 Å². The molecular weight excluding hydrogens is 392 g/mol. The summed E-state index contributed by atoms with van der Waals surface area (Å²) in [5, 5.41) is 3.01. The van der Waals surface area contributed by atoms with Gasteiger partial charge in [-0.05, 0) is 45.2 Å². The molecule has 0 saturated heterocycles. The lowest BCUT2D eigenvalue weighted by Gasteiger charge is -2.29. The molecule has 2 atom stereocenters. The number of carbonyl (C=O) groups excluding carboxylic acids is 2. The van der Waals surface area contributed by atoms with Crippen molar-refractivity contribution < 1.29 is 9.59 Å². The van der Waals surface area contributed by atoms with Crippen LogP contribution in [0.4, 0.5) is 0 Å². The van der Waals surface area contributed by atoms with E-state index in [0.29, 0.717) is 12.3 Å². The Morgan fingerprint density at radius 1 is 0.933 bits per heavy atom. The molecule has 0 bridgehead atoms. The third-order valence-electron chi connectivity index (χ3n) is 5.26. The molecule has 0 radical (unpaired) electrons. The molecule has 0 aliphatic heterocycles. The molecule has 0 spiro atoms. The number of benzene rings is 2. The number of nitrogens with zero attached hydrogens (tertiary/aromatic N) is 1. The van der Waals surface area contributed by atoms with Crippen molar-refractivity contribution in [3.8, 4) is 0 Å². The van der Waals surface area contributed by atoms with Crippen LogP contribution in [0.5, 0.6) is 0 Å². The fourth-order valence-electron chi connectivity index (χ4n) is 2.96. The number of amides is 2. The molecule has 30 heavy (non-hydrogen) atoms. The van der Waals surface area contributed by atoms with Gasteiger partial charge in [0, 0.05) is 18.3 Å². The zero-order valence-electron chi connectivity index (χ0n) is 18.8. The molecule has 0 aliphatic carbocycles. The van der Waals surface area contributed by atoms with E-state index in [0.717, 1.165) is 17.7 Å². The van der Waals surface area contributed by atoms with Crippen molar-refractivity contribution in [3.63, 3.8) is 0 Å². The van der Waals surface area contributed by atoms with Crippen LogP contribution in [0.25, 0.3) is 0 Å². The Balaban J connectivity index is 2.06. The Kier molecular flexibility index (Phi) is 9.44. The lowest BCUT2D eigenvalue weighted by atomic mass is 10.1. The van der Waals surface area contributed by atoms with Gasteiger partial charge in [0.15, 0.2) is 0 Å². The Hall–Kier alpha value is -2.27. The van der Waals surface area contributed by atoms with E-state index in [4.69, 9.17) is 0 Å². The minimum absolute atomic E-state index is 0.0144. The maximum absolute atomic E-state index is 13.1. The number of nitrogens with one attached hydrogen (secondary N) is 1. The Labute approximate surface area is 185 Å². The summed E-state index contributed by atoms with van der Waals surface area (Å²) >= 11 is 1.59. The number of hydrogen-bond donors (Lipinski definition) is 1. The van der Waals surface area contributed by atoms with Gasteiger partial charge in [-0.25, -0.2) is 0 Å². The van der Waals surface area contributed by atoms with E-state index in [-0.39, 0.29) is 17.9 Å². The van der Waals surface area contributed by atoms with Gasteiger partial charge in [0.05, 0.1) is 5.75 Å². The van der Waals surface area contributed by atoms with E-state index in [1.165, 1.54) is 16.7 Å². The average molecular weight is 427 g/mol. The zero-order valence-corrected chi connectivity index (χ0v) is 19.6. The summed E-state index contributed by atoms with van der Waals surface area (Å²) in [6.45, 7) is 10.4. The summed E-state index contributed by atoms with van der Waals surface area (Å²) in [7, 11) is 0. The lowest BCUT2D eigenvalue weighted by Crippen LogP contribution is -2.50. The normalized spacial score (nSPS) is 12.8. The Morgan fingerprint density at radius 2 is 1.47 bits per heavy atom. The van der Waals surface area contributed by atoms with Crippen LogP contribution < -0.4 is 5.32 Å². The van der Waals surface area contributed by atoms with Gasteiger partial charge in [-0.3, -0.25) is 9.59 Å². The fraction of sp³-hybridized carbons (Fsp3) is 0.440. The van der Waals surface area contributed by atoms with Gasteiger partial charge in [-0.15, -0.1) is 11.8 Å². The summed E-state index contributed by atoms with van der Waals surface area (Å²) in [5.41, 5.74) is 4.63. The van der Waals surface area contributed by atoms with E-state index in [9.17, 15) is 9.59 Å². The maximum Gasteiger partial charge on any atom is 0.242 e. The lowest BCUT2D eigenvalue weighted by molar-refractivity contribution is -0.138. The van der Waals surface area contributed by atoms with Crippen molar-refractivity contribution in [2.75, 3.05) is 5.75 Å². The first-order valence-electron chi connectivity index (χ1n) is 10.6. The number of carbonyl (C=O) groups is 2. The molecule has 0 fully saturated rings. The van der Waals surface area contributed by atoms with Crippen molar-refractivity contribution in [1.82, 2.24) is 10.2 Å². The predicted molar refractivity (Wildman–Crippen MR) is 126 cm³/mol. The molecular formula is C25H34N2O2S. The van der Waals surface area contributed by atoms with Crippen LogP contribution in [0, 0.1) is 13.8 Å². The van der Waals surface area contributed by atoms with Crippen molar-refractivity contribution in [2.24, 2.45) is 0 Å². The van der Waals surface area contributed by atoms with Crippen LogP contribution in [-0.2, 0) is 21.9 Å². The molecule has 162 valence electrons. The van der Waals surface area contributed by atoms with Crippen LogP contribution in [0.2, 0.25) is 0 Å². The smallest absolute Gasteiger partial charge is 0.242 e. The van der Waals surface area contributed by atoms with Gasteiger partial charge in [0.25, 0.3) is 0 Å². The molecule has 2 amide bonds. The standard InChI is InChI=1S/C25H34N2O2S/c1-6-20(4)26-25(29)21(5)27(15-22-11-7-18(2)8-12-22)24(28)17-30-16-23-13-9-19(3)10-14-23/h7-14,20-21H,6,15-17H2,1-5H3,(H,26,29)/t20-,21-/m1/s1. The summed E-state index contributed by atoms with van der Waals surface area (Å²) in [6.07, 6.45) is 0.858. The van der Waals surface area contributed by atoms with E-state index in [2.05, 4.69) is 36.5 Å². The van der Waals surface area contributed by atoms with Crippen LogP contribution >= 0.6 is 11.8 Å². The molecule has 2 aromatic carbocycles. The third kappa shape index (κ3) is 7.52. The molecule has 4 nitrogen and oxygen atoms in total. The zero-order chi connectivity index (χ0) is 22.1. The van der Waals surface area contributed by atoms with Gasteiger partial charge < -0.3 is 10.2 Å². The van der Waals surface area contributed by atoms with E-state index < -0.39 is 6.04 Å². The molecule has 2 aromatic rings. The summed E-state index contributed by atoms with van der Waals surface area (Å²) < 4.78 is 0. The second-order valence-corrected chi connectivity index (χ2v) is 8.97. The Bertz CT molecular complexity index is 818. The van der Waals surface area contributed by atoms with Crippen LogP contribution in [-0.4, -0.2) is 34.6 Å².